The number of benzene rings is 1. The first-order valence-electron chi connectivity index (χ1n) is 8.32. The Morgan fingerprint density at radius 3 is 2.50 bits per heavy atom. The molecule has 4 atom stereocenters. The summed E-state index contributed by atoms with van der Waals surface area (Å²) < 4.78 is 33.8. The summed E-state index contributed by atoms with van der Waals surface area (Å²) in [7, 11) is 0. The number of aliphatic hydroxyl groups excluding tert-OH is 3. The van der Waals surface area contributed by atoms with Crippen LogP contribution >= 0.6 is 15.9 Å². The van der Waals surface area contributed by atoms with Crippen LogP contribution in [0.5, 0.6) is 0 Å². The normalized spacial score (nSPS) is 24.6. The Labute approximate surface area is 165 Å². The molecule has 11 heteroatoms. The highest BCUT2D eigenvalue weighted by atomic mass is 79.9. The quantitative estimate of drug-likeness (QED) is 0.571. The lowest BCUT2D eigenvalue weighted by molar-refractivity contribution is -0.0557. The van der Waals surface area contributed by atoms with Gasteiger partial charge in [-0.25, -0.2) is 13.6 Å². The maximum Gasteiger partial charge on any atom is 0.333 e. The zero-order valence-corrected chi connectivity index (χ0v) is 15.9. The van der Waals surface area contributed by atoms with Crippen LogP contribution in [0.3, 0.4) is 0 Å². The number of nitrogens with zero attached hydrogens (tertiary/aromatic N) is 2. The molecular formula is C17H17BrF2N2O6. The Morgan fingerprint density at radius 1 is 1.18 bits per heavy atom. The highest BCUT2D eigenvalue weighted by molar-refractivity contribution is 9.10. The van der Waals surface area contributed by atoms with Gasteiger partial charge < -0.3 is 20.1 Å². The fraction of sp³-hybridized carbons (Fsp3) is 0.412. The molecule has 1 aliphatic heterocycles. The summed E-state index contributed by atoms with van der Waals surface area (Å²) in [6.07, 6.45) is -4.31. The number of aryl methyl sites for hydroxylation is 1. The number of aliphatic hydroxyl groups is 3. The zero-order chi connectivity index (χ0) is 20.6. The van der Waals surface area contributed by atoms with Crippen LogP contribution in [0.4, 0.5) is 8.78 Å². The van der Waals surface area contributed by atoms with Gasteiger partial charge in [0.1, 0.15) is 29.9 Å². The van der Waals surface area contributed by atoms with Gasteiger partial charge in [-0.2, -0.15) is 0 Å². The molecule has 2 heterocycles. The fourth-order valence-corrected chi connectivity index (χ4v) is 3.47. The molecule has 0 aliphatic carbocycles. The van der Waals surface area contributed by atoms with Crippen molar-refractivity contribution in [3.05, 3.63) is 66.9 Å². The van der Waals surface area contributed by atoms with Gasteiger partial charge in [-0.1, -0.05) is 6.07 Å². The van der Waals surface area contributed by atoms with Gasteiger partial charge in [0, 0.05) is 18.8 Å². The second-order valence-corrected chi connectivity index (χ2v) is 7.19. The molecular weight excluding hydrogens is 446 g/mol. The van der Waals surface area contributed by atoms with Crippen LogP contribution in [-0.2, 0) is 17.7 Å². The lowest BCUT2D eigenvalue weighted by atomic mass is 10.1. The minimum atomic E-state index is -1.51. The number of hydrogen-bond acceptors (Lipinski definition) is 6. The van der Waals surface area contributed by atoms with Crippen LogP contribution in [0, 0.1) is 11.6 Å². The zero-order valence-electron chi connectivity index (χ0n) is 14.3. The van der Waals surface area contributed by atoms with Crippen LogP contribution in [0.25, 0.3) is 0 Å². The Balaban J connectivity index is 1.94. The highest BCUT2D eigenvalue weighted by Gasteiger charge is 2.44. The van der Waals surface area contributed by atoms with Gasteiger partial charge in [-0.05, 0) is 34.0 Å². The molecule has 0 radical (unpaired) electrons. The minimum Gasteiger partial charge on any atom is -0.394 e. The smallest absolute Gasteiger partial charge is 0.333 e. The topological polar surface area (TPSA) is 114 Å². The molecule has 0 amide bonds. The Bertz CT molecular complexity index is 995. The van der Waals surface area contributed by atoms with Crippen LogP contribution < -0.4 is 11.2 Å². The van der Waals surface area contributed by atoms with Crippen LogP contribution in [0.1, 0.15) is 11.8 Å². The van der Waals surface area contributed by atoms with E-state index in [1.807, 2.05) is 0 Å². The van der Waals surface area contributed by atoms with Crippen molar-refractivity contribution < 1.29 is 28.8 Å². The first-order valence-corrected chi connectivity index (χ1v) is 9.11. The third-order valence-electron chi connectivity index (χ3n) is 4.56. The van der Waals surface area contributed by atoms with Gasteiger partial charge in [0.2, 0.25) is 0 Å². The van der Waals surface area contributed by atoms with Crippen LogP contribution in [0.2, 0.25) is 0 Å². The average Bonchev–Trinajstić information content (AvgIpc) is 2.94. The molecule has 0 spiro atoms. The largest absolute Gasteiger partial charge is 0.394 e. The Kier molecular flexibility index (Phi) is 6.10. The molecule has 1 aromatic carbocycles. The first-order chi connectivity index (χ1) is 13.2. The van der Waals surface area contributed by atoms with Crippen molar-refractivity contribution in [1.29, 1.82) is 0 Å². The van der Waals surface area contributed by atoms with E-state index in [0.29, 0.717) is 6.07 Å². The first kappa shape index (κ1) is 20.8. The molecule has 8 nitrogen and oxygen atoms in total. The molecule has 1 aliphatic rings. The van der Waals surface area contributed by atoms with E-state index in [1.165, 1.54) is 6.07 Å². The lowest BCUT2D eigenvalue weighted by Gasteiger charge is -2.19. The second kappa shape index (κ2) is 8.21. The standard InChI is InChI=1S/C17H17BrF2N2O6/c18-10-6-22(16-14(25)13(24)12(7-23)28-16)17(27)21(15(10)26)4-3-8-1-2-9(19)5-11(8)20/h1-2,5-6,12-14,16,23-25H,3-4,7H2/t12-,13?,14+,16-/m1/s1. The molecule has 0 saturated carbocycles. The molecule has 1 aromatic heterocycles. The molecule has 1 saturated heterocycles. The third-order valence-corrected chi connectivity index (χ3v) is 5.11. The van der Waals surface area contributed by atoms with E-state index in [-0.39, 0.29) is 23.0 Å². The predicted octanol–water partition coefficient (Wildman–Crippen LogP) is -0.0951. The van der Waals surface area contributed by atoms with E-state index in [0.717, 1.165) is 21.4 Å². The molecule has 3 rings (SSSR count). The van der Waals surface area contributed by atoms with E-state index < -0.39 is 54.0 Å². The van der Waals surface area contributed by atoms with Crippen LogP contribution in [-0.4, -0.2) is 49.4 Å². The monoisotopic (exact) mass is 462 g/mol. The van der Waals surface area contributed by atoms with Gasteiger partial charge in [-0.15, -0.1) is 0 Å². The fourth-order valence-electron chi connectivity index (χ4n) is 3.03. The number of hydrogen-bond donors (Lipinski definition) is 3. The molecule has 28 heavy (non-hydrogen) atoms. The predicted molar refractivity (Wildman–Crippen MR) is 95.7 cm³/mol. The summed E-state index contributed by atoms with van der Waals surface area (Å²) >= 11 is 3.03. The second-order valence-electron chi connectivity index (χ2n) is 6.34. The van der Waals surface area contributed by atoms with Gasteiger partial charge in [0.25, 0.3) is 5.56 Å². The summed E-state index contributed by atoms with van der Waals surface area (Å²) in [6, 6.07) is 2.99. The SMILES string of the molecule is O=c1c(Br)cn([C@@H]2O[C@H](CO)C(O)[C@@H]2O)c(=O)n1CCc1ccc(F)cc1F. The van der Waals surface area contributed by atoms with E-state index in [1.54, 1.807) is 0 Å². The van der Waals surface area contributed by atoms with Crippen molar-refractivity contribution in [2.24, 2.45) is 0 Å². The lowest BCUT2D eigenvalue weighted by Crippen LogP contribution is -2.44. The van der Waals surface area contributed by atoms with Crippen molar-refractivity contribution in [2.75, 3.05) is 6.61 Å². The summed E-state index contributed by atoms with van der Waals surface area (Å²) in [5, 5.41) is 29.2. The van der Waals surface area contributed by atoms with E-state index in [2.05, 4.69) is 15.9 Å². The molecule has 152 valence electrons. The number of aromatic nitrogens is 2. The van der Waals surface area contributed by atoms with Gasteiger partial charge in [0.05, 0.1) is 11.1 Å². The molecule has 3 N–H and O–H groups in total. The molecule has 1 unspecified atom stereocenters. The summed E-state index contributed by atoms with van der Waals surface area (Å²) in [6.45, 7) is -0.789. The highest BCUT2D eigenvalue weighted by Crippen LogP contribution is 2.28. The van der Waals surface area contributed by atoms with Crippen LogP contribution in [0.15, 0.2) is 38.5 Å². The number of rotatable bonds is 5. The van der Waals surface area contributed by atoms with Crippen molar-refractivity contribution in [3.63, 3.8) is 0 Å². The average molecular weight is 463 g/mol. The molecule has 1 fully saturated rings. The van der Waals surface area contributed by atoms with Gasteiger partial charge >= 0.3 is 5.69 Å². The molecule has 2 aromatic rings. The van der Waals surface area contributed by atoms with Gasteiger partial charge in [0.15, 0.2) is 6.23 Å². The summed E-state index contributed by atoms with van der Waals surface area (Å²) in [5.74, 6) is -1.54. The summed E-state index contributed by atoms with van der Waals surface area (Å²) in [4.78, 5) is 25.1. The van der Waals surface area contributed by atoms with Crippen molar-refractivity contribution >= 4 is 15.9 Å². The van der Waals surface area contributed by atoms with Crippen molar-refractivity contribution in [2.45, 2.75) is 37.5 Å². The van der Waals surface area contributed by atoms with E-state index in [4.69, 9.17) is 4.74 Å². The maximum absolute atomic E-state index is 13.8. The van der Waals surface area contributed by atoms with Gasteiger partial charge in [-0.3, -0.25) is 13.9 Å². The maximum atomic E-state index is 13.8. The Hall–Kier alpha value is -1.92. The number of ether oxygens (including phenoxy) is 1. The van der Waals surface area contributed by atoms with Crippen molar-refractivity contribution in [1.82, 2.24) is 9.13 Å². The summed E-state index contributed by atoms with van der Waals surface area (Å²) in [5.41, 5.74) is -1.42. The van der Waals surface area contributed by atoms with E-state index in [9.17, 15) is 33.7 Å². The minimum absolute atomic E-state index is 0.0237. The molecule has 0 bridgehead atoms. The third kappa shape index (κ3) is 3.80. The van der Waals surface area contributed by atoms with Crippen molar-refractivity contribution in [3.8, 4) is 0 Å². The van der Waals surface area contributed by atoms with E-state index >= 15 is 0 Å². The Morgan fingerprint density at radius 2 is 1.89 bits per heavy atom. The number of halogens is 3.